The highest BCUT2D eigenvalue weighted by Gasteiger charge is 2.58. The first-order chi connectivity index (χ1) is 9.24. The lowest BCUT2D eigenvalue weighted by Crippen LogP contribution is -2.49. The minimum Gasteiger partial charge on any atom is -0.396 e. The molecule has 0 aromatic heterocycles. The zero-order valence-electron chi connectivity index (χ0n) is 11.2. The van der Waals surface area contributed by atoms with Crippen LogP contribution in [0.1, 0.15) is 25.7 Å². The van der Waals surface area contributed by atoms with Crippen molar-refractivity contribution in [1.29, 1.82) is 0 Å². The van der Waals surface area contributed by atoms with E-state index in [1.54, 1.807) is 0 Å². The van der Waals surface area contributed by atoms with E-state index in [9.17, 15) is 22.0 Å². The summed E-state index contributed by atoms with van der Waals surface area (Å²) in [6, 6.07) is 0. The molecule has 0 radical (unpaired) electrons. The normalized spacial score (nSPS) is 29.7. The maximum atomic E-state index is 13.0. The van der Waals surface area contributed by atoms with E-state index in [1.807, 2.05) is 0 Å². The predicted molar refractivity (Wildman–Crippen MR) is 63.5 cm³/mol. The van der Waals surface area contributed by atoms with Crippen LogP contribution in [0.2, 0.25) is 0 Å². The second kappa shape index (κ2) is 5.75. The topological polar surface area (TPSA) is 23.5 Å². The van der Waals surface area contributed by atoms with Gasteiger partial charge in [0, 0.05) is 6.61 Å². The largest absolute Gasteiger partial charge is 0.454 e. The van der Waals surface area contributed by atoms with Crippen molar-refractivity contribution in [3.8, 4) is 0 Å². The Labute approximate surface area is 114 Å². The van der Waals surface area contributed by atoms with Gasteiger partial charge in [-0.15, -0.1) is 0 Å². The molecule has 1 heterocycles. The van der Waals surface area contributed by atoms with E-state index in [0.717, 1.165) is 12.8 Å². The summed E-state index contributed by atoms with van der Waals surface area (Å²) >= 11 is 0. The molecule has 0 amide bonds. The number of alkyl halides is 5. The van der Waals surface area contributed by atoms with Crippen LogP contribution in [0.3, 0.4) is 0 Å². The first kappa shape index (κ1) is 15.9. The second-order valence-corrected chi connectivity index (χ2v) is 5.99. The number of piperidine rings is 1. The van der Waals surface area contributed by atoms with Gasteiger partial charge in [0.1, 0.15) is 0 Å². The molecule has 20 heavy (non-hydrogen) atoms. The molecule has 0 aromatic rings. The Morgan fingerprint density at radius 2 is 1.65 bits per heavy atom. The number of aliphatic hydroxyl groups is 1. The minimum absolute atomic E-state index is 0.165. The number of nitrogens with zero attached hydrogens (tertiary/aromatic N) is 1. The lowest BCUT2D eigenvalue weighted by atomic mass is 9.90. The maximum absolute atomic E-state index is 13.0. The summed E-state index contributed by atoms with van der Waals surface area (Å²) in [7, 11) is 0. The number of hydrogen-bond donors (Lipinski definition) is 1. The van der Waals surface area contributed by atoms with Crippen LogP contribution in [0.15, 0.2) is 0 Å². The van der Waals surface area contributed by atoms with E-state index in [1.165, 1.54) is 4.90 Å². The highest BCUT2D eigenvalue weighted by molar-refractivity contribution is 4.93. The number of aliphatic hydroxyl groups excluding tert-OH is 1. The SMILES string of the molecule is OCCC1C[C@H]1C1CCN(CC(F)(F)C(F)(F)F)CC1. The molecule has 1 unspecified atom stereocenters. The molecule has 0 aromatic carbocycles. The van der Waals surface area contributed by atoms with Gasteiger partial charge < -0.3 is 5.11 Å². The molecule has 2 fully saturated rings. The fraction of sp³-hybridized carbons (Fsp3) is 1.00. The Kier molecular flexibility index (Phi) is 4.59. The van der Waals surface area contributed by atoms with E-state index >= 15 is 0 Å². The summed E-state index contributed by atoms with van der Waals surface area (Å²) in [6.07, 6.45) is -2.27. The summed E-state index contributed by atoms with van der Waals surface area (Å²) in [5.41, 5.74) is 0. The van der Waals surface area contributed by atoms with Gasteiger partial charge in [-0.05, 0) is 56.5 Å². The molecule has 1 N–H and O–H groups in total. The fourth-order valence-electron chi connectivity index (χ4n) is 3.26. The van der Waals surface area contributed by atoms with Gasteiger partial charge in [0.2, 0.25) is 0 Å². The van der Waals surface area contributed by atoms with E-state index in [4.69, 9.17) is 5.11 Å². The molecule has 2 atom stereocenters. The lowest BCUT2D eigenvalue weighted by molar-refractivity contribution is -0.287. The summed E-state index contributed by atoms with van der Waals surface area (Å²) in [6.45, 7) is -0.455. The molecule has 2 nitrogen and oxygen atoms in total. The number of likely N-dealkylation sites (tertiary alicyclic amines) is 1. The van der Waals surface area contributed by atoms with E-state index in [0.29, 0.717) is 43.7 Å². The van der Waals surface area contributed by atoms with Crippen molar-refractivity contribution < 1.29 is 27.1 Å². The van der Waals surface area contributed by atoms with Crippen molar-refractivity contribution in [2.24, 2.45) is 17.8 Å². The Morgan fingerprint density at radius 3 is 2.15 bits per heavy atom. The quantitative estimate of drug-likeness (QED) is 0.789. The summed E-state index contributed by atoms with van der Waals surface area (Å²) < 4.78 is 62.3. The third-order valence-electron chi connectivity index (χ3n) is 4.55. The standard InChI is InChI=1S/C13H20F5NO/c14-12(15,13(16,17)18)8-19-4-1-9(2-5-19)11-7-10(11)3-6-20/h9-11,20H,1-8H2/t10?,11-/m0/s1. The van der Waals surface area contributed by atoms with Gasteiger partial charge in [0.15, 0.2) is 0 Å². The van der Waals surface area contributed by atoms with Crippen molar-refractivity contribution in [1.82, 2.24) is 4.90 Å². The average molecular weight is 301 g/mol. The average Bonchev–Trinajstić information content (AvgIpc) is 3.08. The molecule has 2 rings (SSSR count). The van der Waals surface area contributed by atoms with Gasteiger partial charge >= 0.3 is 12.1 Å². The minimum atomic E-state index is -5.47. The van der Waals surface area contributed by atoms with Crippen molar-refractivity contribution in [3.05, 3.63) is 0 Å². The number of hydrogen-bond acceptors (Lipinski definition) is 2. The van der Waals surface area contributed by atoms with Crippen LogP contribution in [0, 0.1) is 17.8 Å². The number of rotatable bonds is 5. The summed E-state index contributed by atoms with van der Waals surface area (Å²) in [5, 5.41) is 8.84. The zero-order chi connectivity index (χ0) is 15.0. The van der Waals surface area contributed by atoms with Crippen LogP contribution >= 0.6 is 0 Å². The second-order valence-electron chi connectivity index (χ2n) is 5.99. The van der Waals surface area contributed by atoms with Gasteiger partial charge in [-0.1, -0.05) is 0 Å². The van der Waals surface area contributed by atoms with Gasteiger partial charge in [0.25, 0.3) is 0 Å². The zero-order valence-corrected chi connectivity index (χ0v) is 11.2. The third kappa shape index (κ3) is 3.61. The molecule has 0 spiro atoms. The van der Waals surface area contributed by atoms with Gasteiger partial charge in [-0.3, -0.25) is 4.90 Å². The predicted octanol–water partition coefficient (Wildman–Crippen LogP) is 2.91. The summed E-state index contributed by atoms with van der Waals surface area (Å²) in [4.78, 5) is 1.22. The van der Waals surface area contributed by atoms with Crippen LogP contribution in [-0.4, -0.2) is 48.3 Å². The van der Waals surface area contributed by atoms with Crippen molar-refractivity contribution in [2.75, 3.05) is 26.2 Å². The van der Waals surface area contributed by atoms with Crippen molar-refractivity contribution >= 4 is 0 Å². The molecule has 2 aliphatic rings. The molecule has 1 aliphatic heterocycles. The third-order valence-corrected chi connectivity index (χ3v) is 4.55. The molecule has 1 saturated carbocycles. The highest BCUT2D eigenvalue weighted by atomic mass is 19.4. The van der Waals surface area contributed by atoms with Crippen molar-refractivity contribution in [3.63, 3.8) is 0 Å². The van der Waals surface area contributed by atoms with E-state index in [2.05, 4.69) is 0 Å². The van der Waals surface area contributed by atoms with Gasteiger partial charge in [-0.25, -0.2) is 0 Å². The van der Waals surface area contributed by atoms with Gasteiger partial charge in [-0.2, -0.15) is 22.0 Å². The van der Waals surface area contributed by atoms with Crippen LogP contribution in [0.4, 0.5) is 22.0 Å². The van der Waals surface area contributed by atoms with E-state index < -0.39 is 18.6 Å². The first-order valence-electron chi connectivity index (χ1n) is 7.02. The molecule has 0 bridgehead atoms. The van der Waals surface area contributed by atoms with Crippen LogP contribution in [0.5, 0.6) is 0 Å². The monoisotopic (exact) mass is 301 g/mol. The molecular weight excluding hydrogens is 281 g/mol. The molecule has 1 aliphatic carbocycles. The van der Waals surface area contributed by atoms with Crippen molar-refractivity contribution in [2.45, 2.75) is 37.8 Å². The smallest absolute Gasteiger partial charge is 0.396 e. The van der Waals surface area contributed by atoms with Crippen LogP contribution < -0.4 is 0 Å². The van der Waals surface area contributed by atoms with Crippen LogP contribution in [-0.2, 0) is 0 Å². The highest BCUT2D eigenvalue weighted by Crippen LogP contribution is 2.49. The fourth-order valence-corrected chi connectivity index (χ4v) is 3.26. The Balaban J connectivity index is 1.75. The Morgan fingerprint density at radius 1 is 1.05 bits per heavy atom. The summed E-state index contributed by atoms with van der Waals surface area (Å²) in [5.74, 6) is -3.15. The van der Waals surface area contributed by atoms with E-state index in [-0.39, 0.29) is 6.61 Å². The Bertz CT molecular complexity index is 325. The number of halogens is 5. The van der Waals surface area contributed by atoms with Gasteiger partial charge in [0.05, 0.1) is 6.54 Å². The molecule has 7 heteroatoms. The molecular formula is C13H20F5NO. The maximum Gasteiger partial charge on any atom is 0.454 e. The Hall–Kier alpha value is -0.430. The van der Waals surface area contributed by atoms with Crippen LogP contribution in [0.25, 0.3) is 0 Å². The molecule has 118 valence electrons. The molecule has 1 saturated heterocycles. The lowest BCUT2D eigenvalue weighted by Gasteiger charge is -2.34. The first-order valence-corrected chi connectivity index (χ1v) is 7.02.